The molecule has 2 aromatic heterocycles. The van der Waals surface area contributed by atoms with Crippen molar-refractivity contribution < 1.29 is 27.3 Å². The molecule has 168 valence electrons. The molecule has 2 aromatic rings. The zero-order valence-electron chi connectivity index (χ0n) is 17.1. The van der Waals surface area contributed by atoms with Gasteiger partial charge in [0.1, 0.15) is 11.1 Å². The number of hydrogen-bond donors (Lipinski definition) is 1. The summed E-state index contributed by atoms with van der Waals surface area (Å²) in [7, 11) is -4.09. The van der Waals surface area contributed by atoms with Crippen molar-refractivity contribution in [2.24, 2.45) is 11.8 Å². The molecule has 0 bridgehead atoms. The Labute approximate surface area is 180 Å². The van der Waals surface area contributed by atoms with Gasteiger partial charge in [-0.15, -0.1) is 5.10 Å². The number of ether oxygens (including phenoxy) is 1. The van der Waals surface area contributed by atoms with Crippen LogP contribution in [0.15, 0.2) is 40.1 Å². The third kappa shape index (κ3) is 7.12. The van der Waals surface area contributed by atoms with Crippen molar-refractivity contribution in [1.82, 2.24) is 20.1 Å². The van der Waals surface area contributed by atoms with Gasteiger partial charge in [-0.25, -0.2) is 13.1 Å². The first-order valence-corrected chi connectivity index (χ1v) is 11.9. The smallest absolute Gasteiger partial charge is 0.339 e. The van der Waals surface area contributed by atoms with E-state index in [2.05, 4.69) is 24.6 Å². The van der Waals surface area contributed by atoms with Crippen molar-refractivity contribution in [2.75, 3.05) is 0 Å². The number of aromatic nitrogens is 3. The minimum Gasteiger partial charge on any atom is -0.390 e. The molecule has 1 N–H and O–H groups in total. The third-order valence-electron chi connectivity index (χ3n) is 5.41. The van der Waals surface area contributed by atoms with Crippen LogP contribution in [0.1, 0.15) is 57.8 Å². The van der Waals surface area contributed by atoms with Crippen LogP contribution in [0.3, 0.4) is 0 Å². The molecule has 1 aliphatic carbocycles. The van der Waals surface area contributed by atoms with Gasteiger partial charge in [-0.05, 0) is 24.5 Å². The van der Waals surface area contributed by atoms with Gasteiger partial charge in [0.25, 0.3) is 10.0 Å². The lowest BCUT2D eigenvalue weighted by molar-refractivity contribution is -0.139. The lowest BCUT2D eigenvalue weighted by atomic mass is 9.84. The summed E-state index contributed by atoms with van der Waals surface area (Å²) < 4.78 is 36.7. The summed E-state index contributed by atoms with van der Waals surface area (Å²) in [6.07, 6.45) is 11.5. The quantitative estimate of drug-likeness (QED) is 0.540. The lowest BCUT2D eigenvalue weighted by Crippen LogP contribution is -2.37. The maximum absolute atomic E-state index is 12.8. The summed E-state index contributed by atoms with van der Waals surface area (Å²) in [5.74, 6) is -1.91. The molecule has 0 spiro atoms. The van der Waals surface area contributed by atoms with E-state index in [9.17, 15) is 18.0 Å². The number of sulfonamides is 1. The Morgan fingerprint density at radius 2 is 2.03 bits per heavy atom. The van der Waals surface area contributed by atoms with Gasteiger partial charge in [0.15, 0.2) is 0 Å². The summed E-state index contributed by atoms with van der Waals surface area (Å²) in [6.45, 7) is 0. The number of rotatable bonds is 10. The summed E-state index contributed by atoms with van der Waals surface area (Å²) in [5, 5.41) is 6.62. The second-order valence-electron chi connectivity index (χ2n) is 7.71. The van der Waals surface area contributed by atoms with Crippen molar-refractivity contribution in [1.29, 1.82) is 0 Å². The Hall–Kier alpha value is -2.82. The molecular formula is C20H26N4O6S. The van der Waals surface area contributed by atoms with Gasteiger partial charge in [0.2, 0.25) is 5.91 Å². The average molecular weight is 451 g/mol. The maximum Gasteiger partial charge on any atom is 0.339 e. The Balaban J connectivity index is 1.62. The molecule has 2 heterocycles. The van der Waals surface area contributed by atoms with Gasteiger partial charge in [-0.2, -0.15) is 0 Å². The maximum atomic E-state index is 12.8. The molecule has 1 aliphatic rings. The number of carbonyl (C=O) groups is 2. The van der Waals surface area contributed by atoms with Crippen molar-refractivity contribution >= 4 is 21.9 Å². The first kappa shape index (κ1) is 22.9. The molecule has 31 heavy (non-hydrogen) atoms. The molecule has 11 heteroatoms. The molecule has 1 saturated carbocycles. The van der Waals surface area contributed by atoms with Crippen LogP contribution in [0, 0.1) is 11.8 Å². The number of hydrogen-bond acceptors (Lipinski definition) is 9. The zero-order chi connectivity index (χ0) is 22.1. The van der Waals surface area contributed by atoms with Gasteiger partial charge >= 0.3 is 11.9 Å². The minimum atomic E-state index is -4.09. The van der Waals surface area contributed by atoms with Gasteiger partial charge in [-0.3, -0.25) is 19.1 Å². The van der Waals surface area contributed by atoms with Gasteiger partial charge in [0, 0.05) is 23.6 Å². The number of nitrogens with zero attached hydrogens (tertiary/aromatic N) is 3. The minimum absolute atomic E-state index is 0.125. The third-order valence-corrected chi connectivity index (χ3v) is 6.74. The van der Waals surface area contributed by atoms with Crippen molar-refractivity contribution in [3.8, 4) is 5.95 Å². The average Bonchev–Trinajstić information content (AvgIpc) is 3.27. The topological polar surface area (TPSA) is 141 Å². The molecule has 0 saturated heterocycles. The van der Waals surface area contributed by atoms with Crippen LogP contribution >= 0.6 is 0 Å². The van der Waals surface area contributed by atoms with Crippen LogP contribution in [0.25, 0.3) is 0 Å². The van der Waals surface area contributed by atoms with E-state index in [1.807, 2.05) is 0 Å². The van der Waals surface area contributed by atoms with E-state index in [1.165, 1.54) is 50.4 Å². The Kier molecular flexibility index (Phi) is 8.10. The molecule has 0 aliphatic heterocycles. The van der Waals surface area contributed by atoms with E-state index in [-0.39, 0.29) is 17.3 Å². The Morgan fingerprint density at radius 1 is 1.23 bits per heavy atom. The standard InChI is InChI=1S/C20H26N4O6S/c25-18(29-19-14-22-24-30-19)12-16(9-4-8-15-6-2-1-3-7-15)20(26)23-31(27,28)17-10-5-11-21-13-17/h5,10-11,13-16H,1-4,6-9,12H2,(H,23,26)/t16-/m1/s1. The number of carbonyl (C=O) groups excluding carboxylic acids is 2. The van der Waals surface area contributed by atoms with E-state index < -0.39 is 27.8 Å². The Bertz CT molecular complexity index is 943. The van der Waals surface area contributed by atoms with Gasteiger partial charge in [0.05, 0.1) is 6.42 Å². The first-order valence-electron chi connectivity index (χ1n) is 10.4. The monoisotopic (exact) mass is 450 g/mol. The number of amides is 1. The summed E-state index contributed by atoms with van der Waals surface area (Å²) >= 11 is 0. The van der Waals surface area contributed by atoms with E-state index in [0.29, 0.717) is 18.8 Å². The van der Waals surface area contributed by atoms with E-state index in [4.69, 9.17) is 4.74 Å². The molecular weight excluding hydrogens is 424 g/mol. The normalized spacial score (nSPS) is 15.9. The molecule has 1 atom stereocenters. The summed E-state index contributed by atoms with van der Waals surface area (Å²) in [4.78, 5) is 28.7. The van der Waals surface area contributed by atoms with Crippen LogP contribution in [-0.4, -0.2) is 35.6 Å². The predicted molar refractivity (Wildman–Crippen MR) is 108 cm³/mol. The predicted octanol–water partition coefficient (Wildman–Crippen LogP) is 2.63. The second-order valence-corrected chi connectivity index (χ2v) is 9.39. The van der Waals surface area contributed by atoms with Crippen LogP contribution in [0.5, 0.6) is 5.95 Å². The number of pyridine rings is 1. The summed E-state index contributed by atoms with van der Waals surface area (Å²) in [5.41, 5.74) is 0. The van der Waals surface area contributed by atoms with Crippen LogP contribution in [0.2, 0.25) is 0 Å². The molecule has 0 aromatic carbocycles. The highest BCUT2D eigenvalue weighted by atomic mass is 32.2. The fourth-order valence-electron chi connectivity index (χ4n) is 3.79. The van der Waals surface area contributed by atoms with Crippen molar-refractivity contribution in [3.05, 3.63) is 30.7 Å². The van der Waals surface area contributed by atoms with E-state index in [1.54, 1.807) is 0 Å². The SMILES string of the molecule is O=C(C[C@@H](CCCC1CCCCC1)C(=O)NS(=O)(=O)c1cccnc1)Oc1cnno1. The van der Waals surface area contributed by atoms with E-state index >= 15 is 0 Å². The highest BCUT2D eigenvalue weighted by Crippen LogP contribution is 2.29. The van der Waals surface area contributed by atoms with Crippen LogP contribution in [0.4, 0.5) is 0 Å². The Morgan fingerprint density at radius 3 is 2.71 bits per heavy atom. The molecule has 10 nitrogen and oxygen atoms in total. The highest BCUT2D eigenvalue weighted by molar-refractivity contribution is 7.90. The van der Waals surface area contributed by atoms with Crippen molar-refractivity contribution in [2.45, 2.75) is 62.7 Å². The highest BCUT2D eigenvalue weighted by Gasteiger charge is 2.28. The van der Waals surface area contributed by atoms with Crippen LogP contribution in [-0.2, 0) is 19.6 Å². The molecule has 3 rings (SSSR count). The van der Waals surface area contributed by atoms with Gasteiger partial charge in [-0.1, -0.05) is 44.9 Å². The first-order chi connectivity index (χ1) is 14.9. The van der Waals surface area contributed by atoms with Crippen molar-refractivity contribution in [3.63, 3.8) is 0 Å². The molecule has 1 amide bonds. The molecule has 0 radical (unpaired) electrons. The fraction of sp³-hybridized carbons (Fsp3) is 0.550. The molecule has 1 fully saturated rings. The number of nitrogens with one attached hydrogen (secondary N) is 1. The van der Waals surface area contributed by atoms with E-state index in [0.717, 1.165) is 18.8 Å². The number of esters is 1. The fourth-order valence-corrected chi connectivity index (χ4v) is 4.80. The second kappa shape index (κ2) is 11.0. The van der Waals surface area contributed by atoms with Crippen LogP contribution < -0.4 is 9.46 Å². The zero-order valence-corrected chi connectivity index (χ0v) is 17.9. The molecule has 0 unspecified atom stereocenters. The largest absolute Gasteiger partial charge is 0.390 e. The summed E-state index contributed by atoms with van der Waals surface area (Å²) in [6, 6.07) is 2.80. The van der Waals surface area contributed by atoms with Gasteiger partial charge < -0.3 is 4.74 Å². The lowest BCUT2D eigenvalue weighted by Gasteiger charge is -2.22.